The monoisotopic (exact) mass is 257 g/mol. The number of rotatable bonds is 3. The molecule has 0 aliphatic carbocycles. The topological polar surface area (TPSA) is 46.2 Å². The quantitative estimate of drug-likeness (QED) is 0.897. The minimum atomic E-state index is -2.95. The highest BCUT2D eigenvalue weighted by molar-refractivity contribution is 7.94. The molecule has 0 amide bonds. The van der Waals surface area contributed by atoms with Crippen LogP contribution in [0.3, 0.4) is 0 Å². The van der Waals surface area contributed by atoms with Gasteiger partial charge in [0.25, 0.3) is 0 Å². The molecular weight excluding hydrogens is 242 g/mol. The molecule has 0 aromatic carbocycles. The molecule has 88 valence electrons. The highest BCUT2D eigenvalue weighted by atomic mass is 32.2. The molecule has 1 unspecified atom stereocenters. The molecule has 0 radical (unpaired) electrons. The molecule has 1 aromatic rings. The minimum absolute atomic E-state index is 0.0374. The maximum atomic E-state index is 11.2. The van der Waals surface area contributed by atoms with Gasteiger partial charge in [0.15, 0.2) is 9.84 Å². The van der Waals surface area contributed by atoms with E-state index in [9.17, 15) is 8.42 Å². The van der Waals surface area contributed by atoms with E-state index in [1.54, 1.807) is 17.4 Å². The number of hydrogen-bond acceptors (Lipinski definition) is 4. The van der Waals surface area contributed by atoms with Gasteiger partial charge in [0.2, 0.25) is 0 Å². The van der Waals surface area contributed by atoms with E-state index in [1.807, 2.05) is 0 Å². The zero-order chi connectivity index (χ0) is 11.8. The Bertz CT molecular complexity index is 514. The largest absolute Gasteiger partial charge is 0.305 e. The number of thiophene rings is 1. The van der Waals surface area contributed by atoms with Gasteiger partial charge in [0, 0.05) is 27.7 Å². The van der Waals surface area contributed by atoms with E-state index in [0.717, 1.165) is 6.54 Å². The van der Waals surface area contributed by atoms with E-state index >= 15 is 0 Å². The van der Waals surface area contributed by atoms with Crippen molar-refractivity contribution < 1.29 is 8.42 Å². The van der Waals surface area contributed by atoms with Crippen molar-refractivity contribution >= 4 is 21.2 Å². The summed E-state index contributed by atoms with van der Waals surface area (Å²) in [6, 6.07) is 2.12. The Balaban J connectivity index is 1.94. The molecule has 0 bridgehead atoms. The molecule has 1 aliphatic heterocycles. The predicted octanol–water partition coefficient (Wildman–Crippen LogP) is 1.77. The lowest BCUT2D eigenvalue weighted by Crippen LogP contribution is -2.29. The highest BCUT2D eigenvalue weighted by Crippen LogP contribution is 2.20. The molecule has 0 saturated carbocycles. The summed E-state index contributed by atoms with van der Waals surface area (Å²) in [6.07, 6.45) is 1.73. The lowest BCUT2D eigenvalue weighted by atomic mass is 10.2. The van der Waals surface area contributed by atoms with Crippen LogP contribution in [0.1, 0.15) is 15.3 Å². The maximum Gasteiger partial charge on any atom is 0.173 e. The first-order valence-corrected chi connectivity index (χ1v) is 7.70. The Morgan fingerprint density at radius 2 is 2.25 bits per heavy atom. The number of hydrogen-bond donors (Lipinski definition) is 1. The summed E-state index contributed by atoms with van der Waals surface area (Å²) < 4.78 is 22.4. The Morgan fingerprint density at radius 1 is 1.50 bits per heavy atom. The first kappa shape index (κ1) is 11.8. The molecule has 1 atom stereocenters. The van der Waals surface area contributed by atoms with Gasteiger partial charge in [0.1, 0.15) is 0 Å². The van der Waals surface area contributed by atoms with Gasteiger partial charge in [-0.1, -0.05) is 6.08 Å². The van der Waals surface area contributed by atoms with E-state index < -0.39 is 9.84 Å². The summed E-state index contributed by atoms with van der Waals surface area (Å²) >= 11 is 1.78. The van der Waals surface area contributed by atoms with Gasteiger partial charge in [-0.25, -0.2) is 8.42 Å². The van der Waals surface area contributed by atoms with E-state index in [4.69, 9.17) is 0 Å². The van der Waals surface area contributed by atoms with Crippen LogP contribution in [0.2, 0.25) is 0 Å². The molecule has 2 rings (SSSR count). The summed E-state index contributed by atoms with van der Waals surface area (Å²) in [4.78, 5) is 2.60. The van der Waals surface area contributed by atoms with Crippen molar-refractivity contribution in [1.82, 2.24) is 5.32 Å². The van der Waals surface area contributed by atoms with Crippen LogP contribution in [0.5, 0.6) is 0 Å². The fraction of sp³-hybridized carbons (Fsp3) is 0.455. The fourth-order valence-corrected chi connectivity index (χ4v) is 4.02. The Kier molecular flexibility index (Phi) is 3.19. The molecule has 16 heavy (non-hydrogen) atoms. The Labute approximate surface area is 100 Å². The van der Waals surface area contributed by atoms with Gasteiger partial charge in [-0.05, 0) is 25.5 Å². The van der Waals surface area contributed by atoms with Gasteiger partial charge in [-0.15, -0.1) is 11.3 Å². The molecule has 2 heterocycles. The van der Waals surface area contributed by atoms with Crippen LogP contribution in [-0.4, -0.2) is 20.2 Å². The molecule has 5 heteroatoms. The average molecular weight is 257 g/mol. The van der Waals surface area contributed by atoms with Crippen molar-refractivity contribution in [2.24, 2.45) is 0 Å². The second-order valence-electron chi connectivity index (χ2n) is 4.08. The van der Waals surface area contributed by atoms with Crippen LogP contribution in [0.4, 0.5) is 0 Å². The summed E-state index contributed by atoms with van der Waals surface area (Å²) in [6.45, 7) is 4.91. The van der Waals surface area contributed by atoms with E-state index in [2.05, 4.69) is 25.2 Å². The third kappa shape index (κ3) is 2.72. The molecule has 3 nitrogen and oxygen atoms in total. The van der Waals surface area contributed by atoms with Gasteiger partial charge in [-0.3, -0.25) is 0 Å². The molecule has 0 spiro atoms. The second-order valence-corrected chi connectivity index (χ2v) is 7.48. The summed E-state index contributed by atoms with van der Waals surface area (Å²) in [5.74, 6) is 0.190. The van der Waals surface area contributed by atoms with Gasteiger partial charge < -0.3 is 5.32 Å². The zero-order valence-corrected chi connectivity index (χ0v) is 11.0. The highest BCUT2D eigenvalue weighted by Gasteiger charge is 2.21. The first-order chi connectivity index (χ1) is 7.46. The van der Waals surface area contributed by atoms with Crippen molar-refractivity contribution in [3.8, 4) is 0 Å². The van der Waals surface area contributed by atoms with Crippen molar-refractivity contribution in [3.05, 3.63) is 32.9 Å². The number of aryl methyl sites for hydroxylation is 2. The fourth-order valence-electron chi connectivity index (χ4n) is 1.80. The molecule has 1 N–H and O–H groups in total. The molecular formula is C11H15NO2S2. The lowest BCUT2D eigenvalue weighted by Gasteiger charge is -2.09. The zero-order valence-electron chi connectivity index (χ0n) is 9.36. The van der Waals surface area contributed by atoms with Gasteiger partial charge in [-0.2, -0.15) is 0 Å². The van der Waals surface area contributed by atoms with Crippen LogP contribution in [0, 0.1) is 13.8 Å². The molecule has 1 aromatic heterocycles. The first-order valence-electron chi connectivity index (χ1n) is 5.16. The number of sulfone groups is 1. The smallest absolute Gasteiger partial charge is 0.173 e. The van der Waals surface area contributed by atoms with Crippen LogP contribution < -0.4 is 5.32 Å². The van der Waals surface area contributed by atoms with Crippen molar-refractivity contribution in [2.75, 3.05) is 5.75 Å². The Hall–Kier alpha value is -0.650. The summed E-state index contributed by atoms with van der Waals surface area (Å²) in [5.41, 5.74) is 1.26. The van der Waals surface area contributed by atoms with Crippen LogP contribution >= 0.6 is 11.3 Å². The average Bonchev–Trinajstić information content (AvgIpc) is 2.66. The predicted molar refractivity (Wildman–Crippen MR) is 67.3 cm³/mol. The third-order valence-corrected chi connectivity index (χ3v) is 5.03. The van der Waals surface area contributed by atoms with Crippen LogP contribution in [0.25, 0.3) is 0 Å². The molecule has 1 aliphatic rings. The molecule has 0 saturated heterocycles. The van der Waals surface area contributed by atoms with E-state index in [0.29, 0.717) is 0 Å². The van der Waals surface area contributed by atoms with Crippen LogP contribution in [-0.2, 0) is 16.4 Å². The Morgan fingerprint density at radius 3 is 2.75 bits per heavy atom. The van der Waals surface area contributed by atoms with Gasteiger partial charge in [0.05, 0.1) is 5.75 Å². The lowest BCUT2D eigenvalue weighted by molar-refractivity contribution is 0.590. The SMILES string of the molecule is Cc1cc(CNC2C=CS(=O)(=O)C2)c(C)s1. The summed E-state index contributed by atoms with van der Waals surface area (Å²) in [5, 5.41) is 4.55. The van der Waals surface area contributed by atoms with Crippen molar-refractivity contribution in [3.63, 3.8) is 0 Å². The minimum Gasteiger partial charge on any atom is -0.305 e. The normalized spacial score (nSPS) is 22.8. The second kappa shape index (κ2) is 4.31. The van der Waals surface area contributed by atoms with Crippen molar-refractivity contribution in [2.45, 2.75) is 26.4 Å². The summed E-state index contributed by atoms with van der Waals surface area (Å²) in [7, 11) is -2.95. The molecule has 0 fully saturated rings. The van der Waals surface area contributed by atoms with E-state index in [-0.39, 0.29) is 11.8 Å². The van der Waals surface area contributed by atoms with Crippen molar-refractivity contribution in [1.29, 1.82) is 0 Å². The van der Waals surface area contributed by atoms with Crippen LogP contribution in [0.15, 0.2) is 17.6 Å². The van der Waals surface area contributed by atoms with E-state index in [1.165, 1.54) is 20.7 Å². The standard InChI is InChI=1S/C11H15NO2S2/c1-8-5-10(9(2)15-8)6-12-11-3-4-16(13,14)7-11/h3-5,11-12H,6-7H2,1-2H3. The third-order valence-electron chi connectivity index (χ3n) is 2.63. The maximum absolute atomic E-state index is 11.2. The van der Waals surface area contributed by atoms with Gasteiger partial charge >= 0.3 is 0 Å². The number of nitrogens with one attached hydrogen (secondary N) is 1.